The molecule has 0 bridgehead atoms. The van der Waals surface area contributed by atoms with Gasteiger partial charge >= 0.3 is 0 Å². The van der Waals surface area contributed by atoms with Crippen molar-refractivity contribution >= 4 is 57.2 Å². The molecule has 1 N–H and O–H groups in total. The van der Waals surface area contributed by atoms with Gasteiger partial charge in [-0.25, -0.2) is 0 Å². The summed E-state index contributed by atoms with van der Waals surface area (Å²) in [5.74, 6) is 0. The molecule has 25 heavy (non-hydrogen) atoms. The maximum atomic E-state index is 6.17. The van der Waals surface area contributed by atoms with Crippen molar-refractivity contribution in [3.63, 3.8) is 0 Å². The first-order chi connectivity index (χ1) is 12.1. The Kier molecular flexibility index (Phi) is 4.34. The maximum absolute atomic E-state index is 6.17. The summed E-state index contributed by atoms with van der Waals surface area (Å²) in [5.41, 5.74) is 6.15. The molecule has 4 heteroatoms. The standard InChI is InChI=1S/C21H13Cl2NS/c22-17-11-10-14(12-18(17)23)24-20-15-8-4-5-9-16(15)21(25)19(20)13-6-2-1-3-7-13/h1-12,24H. The average molecular weight is 382 g/mol. The summed E-state index contributed by atoms with van der Waals surface area (Å²) >= 11 is 18.0. The van der Waals surface area contributed by atoms with E-state index in [0.717, 1.165) is 38.5 Å². The monoisotopic (exact) mass is 381 g/mol. The number of hydrogen-bond acceptors (Lipinski definition) is 2. The summed E-state index contributed by atoms with van der Waals surface area (Å²) < 4.78 is 0. The largest absolute Gasteiger partial charge is 0.354 e. The fraction of sp³-hybridized carbons (Fsp3) is 0. The van der Waals surface area contributed by atoms with Gasteiger partial charge in [-0.3, -0.25) is 0 Å². The number of benzene rings is 3. The third kappa shape index (κ3) is 2.98. The molecule has 0 saturated carbocycles. The molecular formula is C21H13Cl2NS. The predicted molar refractivity (Wildman–Crippen MR) is 111 cm³/mol. The lowest BCUT2D eigenvalue weighted by Gasteiger charge is -2.13. The minimum Gasteiger partial charge on any atom is -0.354 e. The molecule has 4 rings (SSSR count). The molecule has 0 aliphatic heterocycles. The second-order valence-electron chi connectivity index (χ2n) is 5.74. The van der Waals surface area contributed by atoms with Gasteiger partial charge in [-0.1, -0.05) is 90.0 Å². The fourth-order valence-electron chi connectivity index (χ4n) is 3.01. The van der Waals surface area contributed by atoms with E-state index in [1.165, 1.54) is 0 Å². The summed E-state index contributed by atoms with van der Waals surface area (Å²) in [6, 6.07) is 23.9. The Labute approximate surface area is 161 Å². The van der Waals surface area contributed by atoms with Gasteiger partial charge in [0.15, 0.2) is 0 Å². The maximum Gasteiger partial charge on any atom is 0.0612 e. The highest BCUT2D eigenvalue weighted by Crippen LogP contribution is 2.39. The van der Waals surface area contributed by atoms with Crippen molar-refractivity contribution in [2.45, 2.75) is 0 Å². The Bertz CT molecular complexity index is 1010. The van der Waals surface area contributed by atoms with Gasteiger partial charge in [-0.15, -0.1) is 0 Å². The molecule has 0 saturated heterocycles. The van der Waals surface area contributed by atoms with Crippen LogP contribution in [0.25, 0.3) is 11.3 Å². The van der Waals surface area contributed by atoms with Gasteiger partial charge in [-0.05, 0) is 23.8 Å². The van der Waals surface area contributed by atoms with Crippen molar-refractivity contribution in [1.29, 1.82) is 0 Å². The van der Waals surface area contributed by atoms with Crippen LogP contribution >= 0.6 is 35.4 Å². The van der Waals surface area contributed by atoms with Crippen LogP contribution in [0.15, 0.2) is 72.8 Å². The lowest BCUT2D eigenvalue weighted by atomic mass is 10.0. The number of allylic oxidation sites excluding steroid dienone is 1. The van der Waals surface area contributed by atoms with Crippen molar-refractivity contribution in [3.05, 3.63) is 99.5 Å². The highest BCUT2D eigenvalue weighted by Gasteiger charge is 2.27. The number of nitrogens with one attached hydrogen (secondary N) is 1. The van der Waals surface area contributed by atoms with Crippen LogP contribution in [0, 0.1) is 0 Å². The second kappa shape index (κ2) is 6.64. The van der Waals surface area contributed by atoms with E-state index in [9.17, 15) is 0 Å². The van der Waals surface area contributed by atoms with Gasteiger partial charge in [-0.2, -0.15) is 0 Å². The van der Waals surface area contributed by atoms with Crippen molar-refractivity contribution in [2.75, 3.05) is 5.32 Å². The summed E-state index contributed by atoms with van der Waals surface area (Å²) in [7, 11) is 0. The molecule has 0 fully saturated rings. The minimum atomic E-state index is 0.516. The van der Waals surface area contributed by atoms with Gasteiger partial charge < -0.3 is 5.32 Å². The highest BCUT2D eigenvalue weighted by atomic mass is 35.5. The van der Waals surface area contributed by atoms with Crippen LogP contribution < -0.4 is 5.32 Å². The molecule has 0 aromatic heterocycles. The quantitative estimate of drug-likeness (QED) is 0.506. The van der Waals surface area contributed by atoms with Crippen LogP contribution in [0.2, 0.25) is 10.0 Å². The molecule has 3 aromatic carbocycles. The number of anilines is 1. The Balaban J connectivity index is 1.88. The molecule has 0 heterocycles. The van der Waals surface area contributed by atoms with Gasteiger partial charge in [0.25, 0.3) is 0 Å². The lowest BCUT2D eigenvalue weighted by Crippen LogP contribution is -2.00. The summed E-state index contributed by atoms with van der Waals surface area (Å²) in [6.45, 7) is 0. The molecule has 0 atom stereocenters. The molecule has 1 aliphatic carbocycles. The summed E-state index contributed by atoms with van der Waals surface area (Å²) in [6.07, 6.45) is 0. The number of halogens is 2. The average Bonchev–Trinajstić information content (AvgIpc) is 2.91. The lowest BCUT2D eigenvalue weighted by molar-refractivity contribution is 1.54. The second-order valence-corrected chi connectivity index (χ2v) is 6.97. The van der Waals surface area contributed by atoms with Crippen molar-refractivity contribution < 1.29 is 0 Å². The zero-order valence-corrected chi connectivity index (χ0v) is 15.4. The SMILES string of the molecule is S=C1C(c2ccccc2)=C(Nc2ccc(Cl)c(Cl)c2)c2ccccc21. The van der Waals surface area contributed by atoms with E-state index in [0.29, 0.717) is 10.0 Å². The molecule has 0 spiro atoms. The van der Waals surface area contributed by atoms with Crippen molar-refractivity contribution in [3.8, 4) is 0 Å². The predicted octanol–water partition coefficient (Wildman–Crippen LogP) is 6.71. The van der Waals surface area contributed by atoms with E-state index >= 15 is 0 Å². The van der Waals surface area contributed by atoms with E-state index in [1.54, 1.807) is 6.07 Å². The molecule has 1 nitrogen and oxygen atoms in total. The first kappa shape index (κ1) is 16.3. The van der Waals surface area contributed by atoms with Crippen LogP contribution in [-0.4, -0.2) is 4.86 Å². The molecule has 0 amide bonds. The van der Waals surface area contributed by atoms with Crippen molar-refractivity contribution in [2.24, 2.45) is 0 Å². The number of hydrogen-bond donors (Lipinski definition) is 1. The molecule has 3 aromatic rings. The van der Waals surface area contributed by atoms with Crippen molar-refractivity contribution in [1.82, 2.24) is 0 Å². The third-order valence-electron chi connectivity index (χ3n) is 4.17. The summed E-state index contributed by atoms with van der Waals surface area (Å²) in [4.78, 5) is 0.851. The first-order valence-corrected chi connectivity index (χ1v) is 8.97. The minimum absolute atomic E-state index is 0.516. The van der Waals surface area contributed by atoms with Crippen LogP contribution in [-0.2, 0) is 0 Å². The van der Waals surface area contributed by atoms with E-state index in [2.05, 4.69) is 29.6 Å². The summed E-state index contributed by atoms with van der Waals surface area (Å²) in [5, 5.41) is 4.54. The highest BCUT2D eigenvalue weighted by molar-refractivity contribution is 7.82. The first-order valence-electron chi connectivity index (χ1n) is 7.81. The molecular weight excluding hydrogens is 369 g/mol. The number of fused-ring (bicyclic) bond motifs is 1. The molecule has 122 valence electrons. The van der Waals surface area contributed by atoms with Crippen LogP contribution in [0.5, 0.6) is 0 Å². The Morgan fingerprint density at radius 1 is 0.720 bits per heavy atom. The molecule has 0 unspecified atom stereocenters. The van der Waals surface area contributed by atoms with Crippen LogP contribution in [0.1, 0.15) is 16.7 Å². The number of thiocarbonyl (C=S) groups is 1. The van der Waals surface area contributed by atoms with E-state index < -0.39 is 0 Å². The Morgan fingerprint density at radius 3 is 2.12 bits per heavy atom. The topological polar surface area (TPSA) is 12.0 Å². The smallest absolute Gasteiger partial charge is 0.0612 e. The van der Waals surface area contributed by atoms with Gasteiger partial charge in [0.1, 0.15) is 0 Å². The zero-order valence-electron chi connectivity index (χ0n) is 13.1. The van der Waals surface area contributed by atoms with Gasteiger partial charge in [0, 0.05) is 22.4 Å². The number of rotatable bonds is 3. The van der Waals surface area contributed by atoms with Crippen LogP contribution in [0.3, 0.4) is 0 Å². The van der Waals surface area contributed by atoms with Crippen LogP contribution in [0.4, 0.5) is 5.69 Å². The zero-order chi connectivity index (χ0) is 17.4. The fourth-order valence-corrected chi connectivity index (χ4v) is 3.71. The Hall–Kier alpha value is -2.13. The Morgan fingerprint density at radius 2 is 1.40 bits per heavy atom. The third-order valence-corrected chi connectivity index (χ3v) is 5.33. The van der Waals surface area contributed by atoms with Gasteiger partial charge in [0.2, 0.25) is 0 Å². The molecule has 1 aliphatic rings. The van der Waals surface area contributed by atoms with E-state index in [4.69, 9.17) is 35.4 Å². The van der Waals surface area contributed by atoms with E-state index in [-0.39, 0.29) is 0 Å². The molecule has 0 radical (unpaired) electrons. The van der Waals surface area contributed by atoms with E-state index in [1.807, 2.05) is 42.5 Å². The van der Waals surface area contributed by atoms with Gasteiger partial charge in [0.05, 0.1) is 20.6 Å². The normalized spacial score (nSPS) is 13.1.